The Morgan fingerprint density at radius 3 is 1.52 bits per heavy atom. The Morgan fingerprint density at radius 1 is 0.370 bits per heavy atom. The number of benzene rings is 9. The van der Waals surface area contributed by atoms with Crippen molar-refractivity contribution in [3.63, 3.8) is 0 Å². The standard InChI is InChI=1S/C66H38N6S/c1-67-42-26-32-61-51(37-42)49-16-5-10-22-59(49)72(61)45-38-55-65(69-39-45)64-53(18-12-34-68-64)66(55)52-17-6-11-23-62(52)73-63-33-25-41(36-54(63)66)40-24-31-60-50(35-40)48-15-4-9-21-58(48)71(60)44-29-27-43(28-30-44)70-56-19-7-2-13-46(56)47-14-3-8-20-57(47)70/h2-39H. The summed E-state index contributed by atoms with van der Waals surface area (Å²) in [5.74, 6) is 0. The topological polar surface area (TPSA) is 44.9 Å². The molecule has 7 heteroatoms. The first-order chi connectivity index (χ1) is 36.2. The summed E-state index contributed by atoms with van der Waals surface area (Å²) in [6.07, 6.45) is 3.89. The Balaban J connectivity index is 0.871. The van der Waals surface area contributed by atoms with E-state index in [1.807, 2.05) is 36.3 Å². The number of pyridine rings is 2. The van der Waals surface area contributed by atoms with Gasteiger partial charge < -0.3 is 13.7 Å². The van der Waals surface area contributed by atoms with Crippen LogP contribution in [0.15, 0.2) is 241 Å². The summed E-state index contributed by atoms with van der Waals surface area (Å²) in [7, 11) is 0. The van der Waals surface area contributed by atoms with E-state index in [-0.39, 0.29) is 0 Å². The lowest BCUT2D eigenvalue weighted by Crippen LogP contribution is -2.32. The van der Waals surface area contributed by atoms with Crippen LogP contribution in [-0.2, 0) is 5.41 Å². The van der Waals surface area contributed by atoms with E-state index >= 15 is 0 Å². The van der Waals surface area contributed by atoms with Gasteiger partial charge in [-0.3, -0.25) is 9.97 Å². The zero-order chi connectivity index (χ0) is 47.9. The molecule has 0 saturated heterocycles. The van der Waals surface area contributed by atoms with Gasteiger partial charge in [-0.1, -0.05) is 127 Å². The van der Waals surface area contributed by atoms with Crippen LogP contribution >= 0.6 is 11.8 Å². The van der Waals surface area contributed by atoms with Crippen LogP contribution in [-0.4, -0.2) is 23.7 Å². The lowest BCUT2D eigenvalue weighted by molar-refractivity contribution is 0.719. The molecule has 1 unspecified atom stereocenters. The van der Waals surface area contributed by atoms with E-state index < -0.39 is 5.41 Å². The van der Waals surface area contributed by atoms with Crippen molar-refractivity contribution >= 4 is 82.9 Å². The molecule has 9 aromatic carbocycles. The fourth-order valence-corrected chi connectivity index (χ4v) is 13.8. The lowest BCUT2D eigenvalue weighted by atomic mass is 9.67. The number of para-hydroxylation sites is 4. The normalized spacial score (nSPS) is 14.6. The molecule has 6 heterocycles. The minimum absolute atomic E-state index is 0.623. The average molecular weight is 947 g/mol. The molecule has 14 aromatic rings. The van der Waals surface area contributed by atoms with Crippen LogP contribution in [0.2, 0.25) is 0 Å². The van der Waals surface area contributed by atoms with Gasteiger partial charge in [0.15, 0.2) is 5.69 Å². The van der Waals surface area contributed by atoms with Crippen molar-refractivity contribution in [3.8, 4) is 39.6 Å². The highest BCUT2D eigenvalue weighted by Crippen LogP contribution is 2.62. The van der Waals surface area contributed by atoms with Crippen molar-refractivity contribution in [1.29, 1.82) is 0 Å². The number of rotatable bonds is 4. The highest BCUT2D eigenvalue weighted by molar-refractivity contribution is 7.99. The minimum atomic E-state index is -0.712. The Hall–Kier alpha value is -9.48. The van der Waals surface area contributed by atoms with E-state index in [2.05, 4.69) is 225 Å². The van der Waals surface area contributed by atoms with Gasteiger partial charge in [0, 0.05) is 59.9 Å². The summed E-state index contributed by atoms with van der Waals surface area (Å²) in [5.41, 5.74) is 18.7. The maximum absolute atomic E-state index is 7.80. The van der Waals surface area contributed by atoms with Crippen molar-refractivity contribution in [1.82, 2.24) is 23.7 Å². The van der Waals surface area contributed by atoms with Gasteiger partial charge >= 0.3 is 0 Å². The lowest BCUT2D eigenvalue weighted by Gasteiger charge is -2.39. The van der Waals surface area contributed by atoms with E-state index in [9.17, 15) is 0 Å². The summed E-state index contributed by atoms with van der Waals surface area (Å²) < 4.78 is 7.09. The van der Waals surface area contributed by atoms with Gasteiger partial charge in [-0.2, -0.15) is 0 Å². The molecule has 1 aliphatic heterocycles. The van der Waals surface area contributed by atoms with Crippen LogP contribution in [0.1, 0.15) is 22.3 Å². The predicted molar refractivity (Wildman–Crippen MR) is 298 cm³/mol. The largest absolute Gasteiger partial charge is 0.309 e. The van der Waals surface area contributed by atoms with Crippen molar-refractivity contribution in [2.24, 2.45) is 0 Å². The molecule has 338 valence electrons. The first kappa shape index (κ1) is 40.3. The highest BCUT2D eigenvalue weighted by Gasteiger charge is 2.52. The molecule has 16 rings (SSSR count). The average Bonchev–Trinajstić information content (AvgIpc) is 4.17. The number of hydrogen-bond donors (Lipinski definition) is 0. The van der Waals surface area contributed by atoms with Gasteiger partial charge in [-0.05, 0) is 136 Å². The molecule has 0 bridgehead atoms. The molecular formula is C66H38N6S. The molecule has 0 amide bonds. The zero-order valence-corrected chi connectivity index (χ0v) is 39.8. The Bertz CT molecular complexity index is 4690. The zero-order valence-electron chi connectivity index (χ0n) is 39.0. The summed E-state index contributed by atoms with van der Waals surface area (Å²) in [6, 6.07) is 79.3. The maximum Gasteiger partial charge on any atom is 0.188 e. The molecule has 0 N–H and O–H groups in total. The number of fused-ring (bicyclic) bond motifs is 18. The van der Waals surface area contributed by atoms with Crippen LogP contribution in [0.25, 0.3) is 110 Å². The molecule has 73 heavy (non-hydrogen) atoms. The number of aromatic nitrogens is 5. The molecule has 1 atom stereocenters. The molecule has 0 saturated carbocycles. The van der Waals surface area contributed by atoms with E-state index in [1.165, 1.54) is 59.0 Å². The van der Waals surface area contributed by atoms with Gasteiger partial charge in [0.25, 0.3) is 0 Å². The van der Waals surface area contributed by atoms with Crippen LogP contribution in [0.3, 0.4) is 0 Å². The molecule has 6 nitrogen and oxygen atoms in total. The summed E-state index contributed by atoms with van der Waals surface area (Å²) in [5, 5.41) is 7.08. The van der Waals surface area contributed by atoms with Crippen molar-refractivity contribution in [3.05, 3.63) is 264 Å². The highest BCUT2D eigenvalue weighted by atomic mass is 32.2. The van der Waals surface area contributed by atoms with E-state index in [4.69, 9.17) is 16.5 Å². The smallest absolute Gasteiger partial charge is 0.188 e. The summed E-state index contributed by atoms with van der Waals surface area (Å²) in [4.78, 5) is 16.7. The summed E-state index contributed by atoms with van der Waals surface area (Å²) in [6.45, 7) is 7.80. The molecule has 0 fully saturated rings. The van der Waals surface area contributed by atoms with Crippen LogP contribution in [0.4, 0.5) is 5.69 Å². The third-order valence-electron chi connectivity index (χ3n) is 15.6. The first-order valence-corrected chi connectivity index (χ1v) is 25.4. The number of hydrogen-bond acceptors (Lipinski definition) is 3. The van der Waals surface area contributed by atoms with Gasteiger partial charge in [0.05, 0.1) is 68.4 Å². The van der Waals surface area contributed by atoms with Gasteiger partial charge in [-0.25, -0.2) is 4.85 Å². The van der Waals surface area contributed by atoms with Gasteiger partial charge in [0.2, 0.25) is 0 Å². The van der Waals surface area contributed by atoms with Crippen molar-refractivity contribution < 1.29 is 0 Å². The SMILES string of the molecule is [C-]#[N+]c1ccc2c(c1)c1ccccc1n2-c1cnc2c(c1)C1(c3ccccc3Sc3ccc(-c4ccc5c(c4)c4ccccc4n5-c4ccc(-n5c6ccccc6c6ccccc65)cc4)cc31)c1cccnc1-2. The number of nitrogens with zero attached hydrogens (tertiary/aromatic N) is 6. The second-order valence-electron chi connectivity index (χ2n) is 19.2. The van der Waals surface area contributed by atoms with Crippen molar-refractivity contribution in [2.75, 3.05) is 0 Å². The fourth-order valence-electron chi connectivity index (χ4n) is 12.6. The van der Waals surface area contributed by atoms with E-state index in [0.717, 1.165) is 78.0 Å². The van der Waals surface area contributed by atoms with Gasteiger partial charge in [0.1, 0.15) is 0 Å². The third kappa shape index (κ3) is 5.47. The third-order valence-corrected chi connectivity index (χ3v) is 16.8. The van der Waals surface area contributed by atoms with Gasteiger partial charge in [-0.15, -0.1) is 0 Å². The predicted octanol–water partition coefficient (Wildman–Crippen LogP) is 16.8. The molecule has 1 spiro atoms. The van der Waals surface area contributed by atoms with Crippen molar-refractivity contribution in [2.45, 2.75) is 15.2 Å². The summed E-state index contributed by atoms with van der Waals surface area (Å²) >= 11 is 1.84. The minimum Gasteiger partial charge on any atom is -0.309 e. The van der Waals surface area contributed by atoms with E-state index in [1.54, 1.807) is 0 Å². The van der Waals surface area contributed by atoms with Crippen LogP contribution < -0.4 is 0 Å². The molecular weight excluding hydrogens is 909 g/mol. The molecule has 2 aliphatic rings. The molecule has 0 radical (unpaired) electrons. The molecule has 1 aliphatic carbocycles. The molecule has 5 aromatic heterocycles. The quantitative estimate of drug-likeness (QED) is 0.165. The van der Waals surface area contributed by atoms with Crippen LogP contribution in [0, 0.1) is 6.57 Å². The van der Waals surface area contributed by atoms with E-state index in [0.29, 0.717) is 5.69 Å². The second kappa shape index (κ2) is 15.0. The van der Waals surface area contributed by atoms with Crippen LogP contribution in [0.5, 0.6) is 0 Å². The Labute approximate surface area is 423 Å². The first-order valence-electron chi connectivity index (χ1n) is 24.6. The monoisotopic (exact) mass is 946 g/mol. The fraction of sp³-hybridized carbons (Fsp3) is 0.0152. The Kier molecular flexibility index (Phi) is 8.28. The second-order valence-corrected chi connectivity index (χ2v) is 20.3. The maximum atomic E-state index is 7.80. The Morgan fingerprint density at radius 2 is 0.863 bits per heavy atom.